The van der Waals surface area contributed by atoms with Crippen LogP contribution in [0, 0.1) is 20.8 Å². The molecule has 0 atom stereocenters. The summed E-state index contributed by atoms with van der Waals surface area (Å²) >= 11 is 2.58. The van der Waals surface area contributed by atoms with E-state index in [1.54, 1.807) is 0 Å². The van der Waals surface area contributed by atoms with Gasteiger partial charge in [0.25, 0.3) is 0 Å². The topological polar surface area (TPSA) is 3.24 Å². The molecule has 3 aromatic carbocycles. The minimum absolute atomic E-state index is 0.944. The first kappa shape index (κ1) is 23.4. The standard InChI is InChI=1S/3C7H7.C5H11NS2.Sn/c3*1-7-5-3-2-4-6-7;1-3-6(4-2)5(7)8;/h3*2-3,5-6H,1H3;3-4H2,1-2H3,(H,7,8);/q;;;;+1/p-1. The van der Waals surface area contributed by atoms with Crippen LogP contribution in [0.5, 0.6) is 0 Å². The molecular weight excluding hydrogens is 509 g/mol. The van der Waals surface area contributed by atoms with E-state index < -0.39 is 17.0 Å². The molecule has 0 aliphatic rings. The van der Waals surface area contributed by atoms with Crippen molar-refractivity contribution in [2.45, 2.75) is 34.6 Å². The average Bonchev–Trinajstić information content (AvgIpc) is 2.73. The fourth-order valence-electron chi connectivity index (χ4n) is 3.95. The van der Waals surface area contributed by atoms with Crippen LogP contribution in [0.15, 0.2) is 72.8 Å². The Hall–Kier alpha value is -1.30. The van der Waals surface area contributed by atoms with Crippen molar-refractivity contribution in [3.63, 3.8) is 0 Å². The Balaban J connectivity index is 2.35. The van der Waals surface area contributed by atoms with E-state index in [2.05, 4.69) is 112 Å². The molecule has 3 rings (SSSR count). The Morgan fingerprint density at radius 3 is 1.40 bits per heavy atom. The van der Waals surface area contributed by atoms with Crippen LogP contribution >= 0.6 is 21.2 Å². The fourth-order valence-corrected chi connectivity index (χ4v) is 26.0. The first-order chi connectivity index (χ1) is 14.4. The van der Waals surface area contributed by atoms with Crippen LogP contribution in [0.4, 0.5) is 0 Å². The average molecular weight is 540 g/mol. The number of nitrogens with zero attached hydrogens (tertiary/aromatic N) is 1. The zero-order chi connectivity index (χ0) is 21.7. The first-order valence-electron chi connectivity index (χ1n) is 10.6. The van der Waals surface area contributed by atoms with E-state index in [4.69, 9.17) is 12.2 Å². The number of thiocarbonyl (C=S) groups is 1. The number of hydrogen-bond acceptors (Lipinski definition) is 2. The molecule has 1 nitrogen and oxygen atoms in total. The summed E-state index contributed by atoms with van der Waals surface area (Å²) in [5.74, 6) is 0. The first-order valence-corrected chi connectivity index (χ1v) is 19.6. The molecule has 156 valence electrons. The zero-order valence-corrected chi connectivity index (χ0v) is 23.1. The van der Waals surface area contributed by atoms with Crippen molar-refractivity contribution in [3.8, 4) is 0 Å². The van der Waals surface area contributed by atoms with Crippen LogP contribution in [-0.4, -0.2) is 39.3 Å². The van der Waals surface area contributed by atoms with E-state index in [1.165, 1.54) is 27.4 Å². The quantitative estimate of drug-likeness (QED) is 0.322. The molecule has 3 aromatic rings. The van der Waals surface area contributed by atoms with Gasteiger partial charge in [-0.25, -0.2) is 0 Å². The number of benzene rings is 3. The maximum atomic E-state index is 6.06. The molecule has 0 saturated carbocycles. The molecule has 0 N–H and O–H groups in total. The van der Waals surface area contributed by atoms with E-state index in [0.717, 1.165) is 17.4 Å². The van der Waals surface area contributed by atoms with Crippen LogP contribution in [0.25, 0.3) is 0 Å². The van der Waals surface area contributed by atoms with Crippen LogP contribution in [0.3, 0.4) is 0 Å². The van der Waals surface area contributed by atoms with Crippen molar-refractivity contribution in [1.82, 2.24) is 4.90 Å². The third kappa shape index (κ3) is 4.95. The molecule has 0 aromatic heterocycles. The third-order valence-electron chi connectivity index (χ3n) is 5.54. The molecule has 0 amide bonds. The van der Waals surface area contributed by atoms with Gasteiger partial charge in [-0.2, -0.15) is 0 Å². The van der Waals surface area contributed by atoms with E-state index >= 15 is 0 Å². The Morgan fingerprint density at radius 2 is 1.10 bits per heavy atom. The van der Waals surface area contributed by atoms with Crippen LogP contribution in [0.2, 0.25) is 0 Å². The normalized spacial score (nSPS) is 11.4. The summed E-state index contributed by atoms with van der Waals surface area (Å²) in [4.78, 5) is 2.33. The van der Waals surface area contributed by atoms with Crippen molar-refractivity contribution in [2.24, 2.45) is 0 Å². The van der Waals surface area contributed by atoms with Gasteiger partial charge in [0.15, 0.2) is 0 Å². The summed E-state index contributed by atoms with van der Waals surface area (Å²) in [6, 6.07) is 27.4. The molecule has 0 bridgehead atoms. The van der Waals surface area contributed by atoms with Crippen molar-refractivity contribution >= 4 is 53.2 Å². The molecule has 0 unspecified atom stereocenters. The third-order valence-corrected chi connectivity index (χ3v) is 26.7. The van der Waals surface area contributed by atoms with Crippen molar-refractivity contribution < 1.29 is 0 Å². The molecule has 0 aliphatic carbocycles. The van der Waals surface area contributed by atoms with Gasteiger partial charge in [-0.1, -0.05) is 0 Å². The van der Waals surface area contributed by atoms with E-state index in [0.29, 0.717) is 0 Å². The Bertz CT molecular complexity index is 916. The number of aryl methyl sites for hydroxylation is 3. The Morgan fingerprint density at radius 1 is 0.733 bits per heavy atom. The van der Waals surface area contributed by atoms with Crippen LogP contribution in [-0.2, 0) is 0 Å². The predicted molar refractivity (Wildman–Crippen MR) is 141 cm³/mol. The summed E-state index contributed by atoms with van der Waals surface area (Å²) in [5.41, 5.74) is 3.93. The fraction of sp³-hybridized carbons (Fsp3) is 0.269. The molecule has 30 heavy (non-hydrogen) atoms. The van der Waals surface area contributed by atoms with Gasteiger partial charge in [-0.05, 0) is 0 Å². The van der Waals surface area contributed by atoms with Gasteiger partial charge in [0, 0.05) is 0 Å². The number of rotatable bonds is 6. The Kier molecular flexibility index (Phi) is 8.05. The second-order valence-corrected chi connectivity index (χ2v) is 23.8. The van der Waals surface area contributed by atoms with Crippen LogP contribution < -0.4 is 10.7 Å². The summed E-state index contributed by atoms with van der Waals surface area (Å²) in [6.45, 7) is 12.9. The second kappa shape index (κ2) is 10.3. The molecular formula is C26H31NS2Sn. The Labute approximate surface area is 194 Å². The summed E-state index contributed by atoms with van der Waals surface area (Å²) < 4.78 is 5.44. The van der Waals surface area contributed by atoms with Gasteiger partial charge in [0.05, 0.1) is 0 Å². The maximum absolute atomic E-state index is 6.06. The molecule has 0 spiro atoms. The van der Waals surface area contributed by atoms with Crippen molar-refractivity contribution in [1.29, 1.82) is 0 Å². The van der Waals surface area contributed by atoms with Gasteiger partial charge in [-0.15, -0.1) is 0 Å². The van der Waals surface area contributed by atoms with Crippen molar-refractivity contribution in [2.75, 3.05) is 13.1 Å². The number of hydrogen-bond donors (Lipinski definition) is 0. The summed E-state index contributed by atoms with van der Waals surface area (Å²) in [5, 5.41) is 0. The van der Waals surface area contributed by atoms with Gasteiger partial charge in [0.2, 0.25) is 0 Å². The molecule has 4 heteroatoms. The SMILES string of the molecule is CCN(CC)C(=S)[S][Sn]([c]1cccc(C)c1)([c]1cccc(C)c1)[c]1cccc(C)c1. The molecule has 0 heterocycles. The molecule has 0 aliphatic heterocycles. The minimum atomic E-state index is -3.48. The summed E-state index contributed by atoms with van der Waals surface area (Å²) in [6.07, 6.45) is 0. The predicted octanol–water partition coefficient (Wildman–Crippen LogP) is 4.94. The van der Waals surface area contributed by atoms with E-state index in [1.807, 2.05) is 8.95 Å². The van der Waals surface area contributed by atoms with Crippen molar-refractivity contribution in [3.05, 3.63) is 89.5 Å². The monoisotopic (exact) mass is 541 g/mol. The van der Waals surface area contributed by atoms with Gasteiger partial charge in [-0.3, -0.25) is 0 Å². The second-order valence-electron chi connectivity index (χ2n) is 7.83. The molecule has 0 radical (unpaired) electrons. The zero-order valence-electron chi connectivity index (χ0n) is 18.6. The van der Waals surface area contributed by atoms with Gasteiger partial charge in [0.1, 0.15) is 0 Å². The van der Waals surface area contributed by atoms with E-state index in [9.17, 15) is 0 Å². The molecule has 0 fully saturated rings. The summed E-state index contributed by atoms with van der Waals surface area (Å²) in [7, 11) is 2.00. The van der Waals surface area contributed by atoms with Gasteiger partial charge < -0.3 is 0 Å². The molecule has 0 saturated heterocycles. The van der Waals surface area contributed by atoms with Gasteiger partial charge >= 0.3 is 195 Å². The van der Waals surface area contributed by atoms with E-state index in [-0.39, 0.29) is 0 Å². The van der Waals surface area contributed by atoms with Crippen LogP contribution in [0.1, 0.15) is 30.5 Å².